The van der Waals surface area contributed by atoms with Crippen LogP contribution in [0.25, 0.3) is 0 Å². The molecule has 4 rings (SSSR count). The summed E-state index contributed by atoms with van der Waals surface area (Å²) < 4.78 is 5.88. The minimum absolute atomic E-state index is 0.0337. The highest BCUT2D eigenvalue weighted by Gasteiger charge is 2.28. The first-order valence-electron chi connectivity index (χ1n) is 11.6. The van der Waals surface area contributed by atoms with E-state index in [1.165, 1.54) is 19.4 Å². The fourth-order valence-electron chi connectivity index (χ4n) is 4.49. The summed E-state index contributed by atoms with van der Waals surface area (Å²) in [6, 6.07) is 16.8. The van der Waals surface area contributed by atoms with E-state index >= 15 is 0 Å². The summed E-state index contributed by atoms with van der Waals surface area (Å²) in [4.78, 5) is 31.2. The number of hydrogen-bond donors (Lipinski definition) is 0. The van der Waals surface area contributed by atoms with Gasteiger partial charge in [-0.3, -0.25) is 9.59 Å². The Bertz CT molecular complexity index is 1010. The van der Waals surface area contributed by atoms with Crippen molar-refractivity contribution in [2.45, 2.75) is 32.2 Å². The molecule has 2 aromatic rings. The minimum atomic E-state index is -0.195. The summed E-state index contributed by atoms with van der Waals surface area (Å²) in [5, 5.41) is 8.90. The second kappa shape index (κ2) is 10.5. The van der Waals surface area contributed by atoms with E-state index in [0.29, 0.717) is 36.9 Å². The molecule has 2 fully saturated rings. The molecule has 7 heteroatoms. The Kier molecular flexibility index (Phi) is 7.26. The Morgan fingerprint density at radius 1 is 1.09 bits per heavy atom. The molecule has 0 aromatic heterocycles. The fraction of sp³-hybridized carbons (Fsp3) is 0.423. The van der Waals surface area contributed by atoms with Gasteiger partial charge in [0.2, 0.25) is 5.91 Å². The quantitative estimate of drug-likeness (QED) is 0.610. The Balaban J connectivity index is 1.26. The topological polar surface area (TPSA) is 76.9 Å². The number of anilines is 1. The summed E-state index contributed by atoms with van der Waals surface area (Å²) in [5.74, 6) is 0.492. The maximum Gasteiger partial charge on any atom is 0.254 e. The van der Waals surface area contributed by atoms with Crippen LogP contribution in [0.2, 0.25) is 0 Å². The lowest BCUT2D eigenvalue weighted by molar-refractivity contribution is -0.120. The molecule has 2 aliphatic heterocycles. The summed E-state index contributed by atoms with van der Waals surface area (Å²) >= 11 is 0. The molecule has 0 N–H and O–H groups in total. The molecule has 7 nitrogen and oxygen atoms in total. The van der Waals surface area contributed by atoms with Crippen molar-refractivity contribution in [3.8, 4) is 11.8 Å². The van der Waals surface area contributed by atoms with Crippen LogP contribution in [0.4, 0.5) is 5.69 Å². The molecular weight excluding hydrogens is 416 g/mol. The number of benzene rings is 2. The third-order valence-corrected chi connectivity index (χ3v) is 6.47. The number of nitrogens with zero attached hydrogens (tertiary/aromatic N) is 4. The van der Waals surface area contributed by atoms with Crippen molar-refractivity contribution in [3.05, 3.63) is 59.7 Å². The molecule has 2 saturated heterocycles. The van der Waals surface area contributed by atoms with Crippen LogP contribution in [-0.4, -0.2) is 67.0 Å². The van der Waals surface area contributed by atoms with E-state index in [9.17, 15) is 9.59 Å². The zero-order chi connectivity index (χ0) is 23.2. The van der Waals surface area contributed by atoms with Crippen molar-refractivity contribution in [1.82, 2.24) is 9.80 Å². The van der Waals surface area contributed by atoms with E-state index in [4.69, 9.17) is 10.00 Å². The minimum Gasteiger partial charge on any atom is -0.494 e. The van der Waals surface area contributed by atoms with Crippen molar-refractivity contribution in [3.63, 3.8) is 0 Å². The largest absolute Gasteiger partial charge is 0.494 e. The average molecular weight is 447 g/mol. The molecule has 2 aliphatic rings. The fourth-order valence-corrected chi connectivity index (χ4v) is 4.49. The first-order valence-corrected chi connectivity index (χ1v) is 11.6. The SMILES string of the molecule is C[C@H]1CCCN1CCCOc1ccc(N2CCN(C(=O)c3ccc(C#N)cc3)CC2=O)cc1. The van der Waals surface area contributed by atoms with Crippen LogP contribution < -0.4 is 9.64 Å². The van der Waals surface area contributed by atoms with Gasteiger partial charge >= 0.3 is 0 Å². The number of ether oxygens (including phenoxy) is 1. The van der Waals surface area contributed by atoms with Crippen LogP contribution >= 0.6 is 0 Å². The Hall–Kier alpha value is -3.37. The number of piperazine rings is 1. The summed E-state index contributed by atoms with van der Waals surface area (Å²) in [5.41, 5.74) is 1.79. The number of hydrogen-bond acceptors (Lipinski definition) is 5. The van der Waals surface area contributed by atoms with Crippen LogP contribution in [0.5, 0.6) is 5.75 Å². The number of amides is 2. The molecule has 172 valence electrons. The van der Waals surface area contributed by atoms with Gasteiger partial charge in [0.05, 0.1) is 18.2 Å². The van der Waals surface area contributed by atoms with Crippen molar-refractivity contribution in [2.75, 3.05) is 44.2 Å². The first-order chi connectivity index (χ1) is 16.0. The molecule has 0 bridgehead atoms. The number of nitriles is 1. The number of rotatable bonds is 7. The Labute approximate surface area is 195 Å². The van der Waals surface area contributed by atoms with Gasteiger partial charge in [-0.05, 0) is 81.3 Å². The molecule has 0 unspecified atom stereocenters. The Morgan fingerprint density at radius 2 is 1.85 bits per heavy atom. The molecule has 2 aromatic carbocycles. The monoisotopic (exact) mass is 446 g/mol. The molecule has 0 aliphatic carbocycles. The van der Waals surface area contributed by atoms with Gasteiger partial charge < -0.3 is 19.4 Å². The van der Waals surface area contributed by atoms with Gasteiger partial charge in [0.15, 0.2) is 0 Å². The normalized spacial score (nSPS) is 18.9. The predicted molar refractivity (Wildman–Crippen MR) is 126 cm³/mol. The van der Waals surface area contributed by atoms with E-state index < -0.39 is 0 Å². The maximum atomic E-state index is 12.7. The molecule has 2 amide bonds. The average Bonchev–Trinajstić information content (AvgIpc) is 3.26. The van der Waals surface area contributed by atoms with Gasteiger partial charge in [-0.15, -0.1) is 0 Å². The van der Waals surface area contributed by atoms with Crippen LogP contribution in [-0.2, 0) is 4.79 Å². The third-order valence-electron chi connectivity index (χ3n) is 6.47. The maximum absolute atomic E-state index is 12.7. The van der Waals surface area contributed by atoms with E-state index in [1.54, 1.807) is 34.1 Å². The van der Waals surface area contributed by atoms with Crippen molar-refractivity contribution < 1.29 is 14.3 Å². The second-order valence-corrected chi connectivity index (χ2v) is 8.68. The van der Waals surface area contributed by atoms with Gasteiger partial charge in [0.1, 0.15) is 12.3 Å². The Morgan fingerprint density at radius 3 is 2.48 bits per heavy atom. The number of likely N-dealkylation sites (tertiary alicyclic amines) is 1. The molecule has 2 heterocycles. The summed E-state index contributed by atoms with van der Waals surface area (Å²) in [6.07, 6.45) is 3.58. The molecule has 1 atom stereocenters. The first kappa shape index (κ1) is 22.8. The van der Waals surface area contributed by atoms with Crippen molar-refractivity contribution in [1.29, 1.82) is 5.26 Å². The van der Waals surface area contributed by atoms with E-state index in [-0.39, 0.29) is 18.4 Å². The lowest BCUT2D eigenvalue weighted by Gasteiger charge is -2.34. The summed E-state index contributed by atoms with van der Waals surface area (Å²) in [7, 11) is 0. The van der Waals surface area contributed by atoms with Crippen molar-refractivity contribution >= 4 is 17.5 Å². The predicted octanol–water partition coefficient (Wildman–Crippen LogP) is 3.30. The highest BCUT2D eigenvalue weighted by molar-refractivity contribution is 6.01. The van der Waals surface area contributed by atoms with Crippen LogP contribution in [0.1, 0.15) is 42.1 Å². The van der Waals surface area contributed by atoms with Crippen LogP contribution in [0.15, 0.2) is 48.5 Å². The third kappa shape index (κ3) is 5.52. The molecule has 0 saturated carbocycles. The smallest absolute Gasteiger partial charge is 0.254 e. The molecular formula is C26H30N4O3. The van der Waals surface area contributed by atoms with Gasteiger partial charge in [-0.25, -0.2) is 0 Å². The van der Waals surface area contributed by atoms with Gasteiger partial charge in [0, 0.05) is 36.9 Å². The van der Waals surface area contributed by atoms with Crippen molar-refractivity contribution in [2.24, 2.45) is 0 Å². The van der Waals surface area contributed by atoms with E-state index in [0.717, 1.165) is 24.4 Å². The highest BCUT2D eigenvalue weighted by Crippen LogP contribution is 2.22. The van der Waals surface area contributed by atoms with E-state index in [2.05, 4.69) is 11.8 Å². The van der Waals surface area contributed by atoms with Crippen LogP contribution in [0, 0.1) is 11.3 Å². The lowest BCUT2D eigenvalue weighted by Crippen LogP contribution is -2.52. The van der Waals surface area contributed by atoms with Crippen LogP contribution in [0.3, 0.4) is 0 Å². The zero-order valence-electron chi connectivity index (χ0n) is 19.1. The zero-order valence-corrected chi connectivity index (χ0v) is 19.1. The van der Waals surface area contributed by atoms with Gasteiger partial charge in [0.25, 0.3) is 5.91 Å². The summed E-state index contributed by atoms with van der Waals surface area (Å²) in [6.45, 7) is 6.16. The lowest BCUT2D eigenvalue weighted by atomic mass is 10.1. The molecule has 33 heavy (non-hydrogen) atoms. The molecule has 0 radical (unpaired) electrons. The molecule has 0 spiro atoms. The van der Waals surface area contributed by atoms with Gasteiger partial charge in [-0.1, -0.05) is 0 Å². The number of carbonyl (C=O) groups is 2. The second-order valence-electron chi connectivity index (χ2n) is 8.68. The van der Waals surface area contributed by atoms with E-state index in [1.807, 2.05) is 30.3 Å². The van der Waals surface area contributed by atoms with Gasteiger partial charge in [-0.2, -0.15) is 5.26 Å². The number of carbonyl (C=O) groups excluding carboxylic acids is 2. The highest BCUT2D eigenvalue weighted by atomic mass is 16.5. The standard InChI is InChI=1S/C26H30N4O3/c1-20-4-2-13-28(20)14-3-17-33-24-11-9-23(10-12-24)30-16-15-29(19-25(30)31)26(32)22-7-5-21(18-27)6-8-22/h5-12,20H,2-4,13-17,19H2,1H3/t20-/m0/s1.